The minimum absolute atomic E-state index is 0.0499. The van der Waals surface area contributed by atoms with Crippen LogP contribution in [0.15, 0.2) is 18.2 Å². The minimum Gasteiger partial charge on any atom is -0.312 e. The van der Waals surface area contributed by atoms with Gasteiger partial charge in [-0.05, 0) is 22.6 Å². The topological polar surface area (TPSA) is 52.0 Å². The summed E-state index contributed by atoms with van der Waals surface area (Å²) in [5.41, 5.74) is 13.1. The second kappa shape index (κ2) is 3.89. The molecule has 0 bridgehead atoms. The average molecular weight is 213 g/mol. The van der Waals surface area contributed by atoms with Crippen molar-refractivity contribution < 1.29 is 0 Å². The number of hydrogen-bond donors (Lipinski definition) is 2. The van der Waals surface area contributed by atoms with Crippen molar-refractivity contribution in [1.82, 2.24) is 0 Å². The predicted octanol–water partition coefficient (Wildman–Crippen LogP) is 2.55. The normalized spacial score (nSPS) is 12.2. The van der Waals surface area contributed by atoms with Gasteiger partial charge in [0.05, 0.1) is 6.17 Å². The van der Waals surface area contributed by atoms with Crippen LogP contribution in [0.4, 0.5) is 0 Å². The molecular formula is C11H17ClN2. The first-order chi connectivity index (χ1) is 6.32. The van der Waals surface area contributed by atoms with Crippen molar-refractivity contribution in [3.63, 3.8) is 0 Å². The zero-order valence-corrected chi connectivity index (χ0v) is 9.60. The molecule has 78 valence electrons. The third-order valence-corrected chi connectivity index (χ3v) is 2.50. The van der Waals surface area contributed by atoms with Crippen LogP contribution in [0.3, 0.4) is 0 Å². The Morgan fingerprint density at radius 1 is 1.21 bits per heavy atom. The molecule has 14 heavy (non-hydrogen) atoms. The molecule has 0 unspecified atom stereocenters. The Morgan fingerprint density at radius 3 is 2.14 bits per heavy atom. The van der Waals surface area contributed by atoms with Crippen molar-refractivity contribution in [2.75, 3.05) is 0 Å². The van der Waals surface area contributed by atoms with Gasteiger partial charge in [-0.2, -0.15) is 0 Å². The molecule has 0 saturated carbocycles. The highest BCUT2D eigenvalue weighted by Gasteiger charge is 2.17. The average Bonchev–Trinajstić information content (AvgIpc) is 2.01. The number of halogens is 1. The quantitative estimate of drug-likeness (QED) is 0.703. The summed E-state index contributed by atoms with van der Waals surface area (Å²) in [4.78, 5) is 0. The molecule has 0 aliphatic rings. The lowest BCUT2D eigenvalue weighted by Gasteiger charge is -2.21. The van der Waals surface area contributed by atoms with Crippen LogP contribution in [0.5, 0.6) is 0 Å². The summed E-state index contributed by atoms with van der Waals surface area (Å²) in [6.45, 7) is 6.36. The van der Waals surface area contributed by atoms with E-state index in [4.69, 9.17) is 23.1 Å². The Bertz CT molecular complexity index is 327. The van der Waals surface area contributed by atoms with Gasteiger partial charge in [0.15, 0.2) is 0 Å². The lowest BCUT2D eigenvalue weighted by molar-refractivity contribution is 0.589. The lowest BCUT2D eigenvalue weighted by Crippen LogP contribution is -2.20. The Morgan fingerprint density at radius 2 is 1.79 bits per heavy atom. The number of benzene rings is 1. The van der Waals surface area contributed by atoms with E-state index < -0.39 is 6.17 Å². The van der Waals surface area contributed by atoms with Crippen LogP contribution in [0.1, 0.15) is 38.1 Å². The summed E-state index contributed by atoms with van der Waals surface area (Å²) in [6, 6.07) is 5.76. The maximum atomic E-state index is 6.15. The molecule has 1 aromatic carbocycles. The zero-order chi connectivity index (χ0) is 10.9. The molecule has 0 radical (unpaired) electrons. The van der Waals surface area contributed by atoms with Gasteiger partial charge in [-0.25, -0.2) is 0 Å². The Balaban J connectivity index is 3.15. The van der Waals surface area contributed by atoms with E-state index in [1.807, 2.05) is 18.2 Å². The standard InChI is InChI=1S/C11H17ClN2/c1-11(2,3)8-5-4-7(10(13)14)6-9(8)12/h4-6,10H,13-14H2,1-3H3. The van der Waals surface area contributed by atoms with Crippen LogP contribution in [-0.4, -0.2) is 0 Å². The van der Waals surface area contributed by atoms with E-state index in [0.717, 1.165) is 16.1 Å². The first-order valence-electron chi connectivity index (χ1n) is 4.63. The molecule has 2 nitrogen and oxygen atoms in total. The molecule has 0 heterocycles. The van der Waals surface area contributed by atoms with Crippen LogP contribution in [0.2, 0.25) is 5.02 Å². The highest BCUT2D eigenvalue weighted by atomic mass is 35.5. The molecule has 0 spiro atoms. The maximum absolute atomic E-state index is 6.15. The van der Waals surface area contributed by atoms with E-state index in [9.17, 15) is 0 Å². The maximum Gasteiger partial charge on any atom is 0.0785 e. The van der Waals surface area contributed by atoms with Crippen molar-refractivity contribution in [2.24, 2.45) is 11.5 Å². The molecule has 4 N–H and O–H groups in total. The monoisotopic (exact) mass is 212 g/mol. The fourth-order valence-electron chi connectivity index (χ4n) is 1.35. The lowest BCUT2D eigenvalue weighted by atomic mass is 9.86. The van der Waals surface area contributed by atoms with Gasteiger partial charge in [0.2, 0.25) is 0 Å². The van der Waals surface area contributed by atoms with Crippen molar-refractivity contribution >= 4 is 11.6 Å². The molecular weight excluding hydrogens is 196 g/mol. The van der Waals surface area contributed by atoms with Gasteiger partial charge in [-0.15, -0.1) is 0 Å². The van der Waals surface area contributed by atoms with E-state index in [-0.39, 0.29) is 5.41 Å². The molecule has 3 heteroatoms. The van der Waals surface area contributed by atoms with Crippen molar-refractivity contribution in [1.29, 1.82) is 0 Å². The van der Waals surface area contributed by atoms with E-state index >= 15 is 0 Å². The molecule has 0 aliphatic heterocycles. The second-order valence-corrected chi connectivity index (χ2v) is 4.92. The SMILES string of the molecule is CC(C)(C)c1ccc(C(N)N)cc1Cl. The van der Waals surface area contributed by atoms with Gasteiger partial charge in [0, 0.05) is 5.02 Å². The van der Waals surface area contributed by atoms with E-state index in [1.54, 1.807) is 0 Å². The summed E-state index contributed by atoms with van der Waals surface area (Å²) < 4.78 is 0. The predicted molar refractivity (Wildman–Crippen MR) is 61.3 cm³/mol. The van der Waals surface area contributed by atoms with Crippen LogP contribution >= 0.6 is 11.6 Å². The Hall–Kier alpha value is -0.570. The molecule has 0 fully saturated rings. The Labute approximate surface area is 90.2 Å². The van der Waals surface area contributed by atoms with E-state index in [0.29, 0.717) is 0 Å². The van der Waals surface area contributed by atoms with Gasteiger partial charge < -0.3 is 11.5 Å². The van der Waals surface area contributed by atoms with Gasteiger partial charge in [0.25, 0.3) is 0 Å². The highest BCUT2D eigenvalue weighted by Crippen LogP contribution is 2.30. The van der Waals surface area contributed by atoms with E-state index in [1.165, 1.54) is 0 Å². The summed E-state index contributed by atoms with van der Waals surface area (Å²) >= 11 is 6.15. The molecule has 0 aromatic heterocycles. The largest absolute Gasteiger partial charge is 0.312 e. The molecule has 0 amide bonds. The first-order valence-corrected chi connectivity index (χ1v) is 5.01. The van der Waals surface area contributed by atoms with E-state index in [2.05, 4.69) is 20.8 Å². The van der Waals surface area contributed by atoms with Crippen LogP contribution < -0.4 is 11.5 Å². The van der Waals surface area contributed by atoms with Crippen LogP contribution in [-0.2, 0) is 5.41 Å². The van der Waals surface area contributed by atoms with Crippen molar-refractivity contribution in [3.05, 3.63) is 34.3 Å². The smallest absolute Gasteiger partial charge is 0.0785 e. The summed E-state index contributed by atoms with van der Waals surface area (Å²) in [6.07, 6.45) is -0.457. The van der Waals surface area contributed by atoms with Gasteiger partial charge >= 0.3 is 0 Å². The third-order valence-electron chi connectivity index (χ3n) is 2.19. The Kier molecular flexibility index (Phi) is 3.20. The fourth-order valence-corrected chi connectivity index (χ4v) is 1.82. The first kappa shape index (κ1) is 11.5. The van der Waals surface area contributed by atoms with Crippen molar-refractivity contribution in [2.45, 2.75) is 32.4 Å². The molecule has 0 saturated heterocycles. The highest BCUT2D eigenvalue weighted by molar-refractivity contribution is 6.31. The zero-order valence-electron chi connectivity index (χ0n) is 8.84. The number of nitrogens with two attached hydrogens (primary N) is 2. The van der Waals surface area contributed by atoms with Crippen LogP contribution in [0.25, 0.3) is 0 Å². The van der Waals surface area contributed by atoms with Gasteiger partial charge in [-0.1, -0.05) is 44.5 Å². The third kappa shape index (κ3) is 2.47. The summed E-state index contributed by atoms with van der Waals surface area (Å²) in [5, 5.41) is 0.732. The minimum atomic E-state index is -0.457. The molecule has 1 rings (SSSR count). The number of hydrogen-bond acceptors (Lipinski definition) is 2. The fraction of sp³-hybridized carbons (Fsp3) is 0.455. The molecule has 0 atom stereocenters. The number of rotatable bonds is 1. The second-order valence-electron chi connectivity index (χ2n) is 4.52. The van der Waals surface area contributed by atoms with Gasteiger partial charge in [0.1, 0.15) is 0 Å². The summed E-state index contributed by atoms with van der Waals surface area (Å²) in [5.74, 6) is 0. The molecule has 1 aromatic rings. The summed E-state index contributed by atoms with van der Waals surface area (Å²) in [7, 11) is 0. The van der Waals surface area contributed by atoms with Crippen molar-refractivity contribution in [3.8, 4) is 0 Å². The van der Waals surface area contributed by atoms with Gasteiger partial charge in [-0.3, -0.25) is 0 Å². The van der Waals surface area contributed by atoms with Crippen LogP contribution in [0, 0.1) is 0 Å². The molecule has 0 aliphatic carbocycles.